The van der Waals surface area contributed by atoms with Crippen molar-refractivity contribution >= 4 is 30.1 Å². The lowest BCUT2D eigenvalue weighted by Crippen LogP contribution is -2.41. The molecule has 0 aromatic heterocycles. The van der Waals surface area contributed by atoms with Crippen LogP contribution >= 0.6 is 11.8 Å². The van der Waals surface area contributed by atoms with Gasteiger partial charge in [0.15, 0.2) is 5.12 Å². The van der Waals surface area contributed by atoms with Crippen LogP contribution in [0.4, 0.5) is 13.2 Å². The quantitative estimate of drug-likeness (QED) is 0.734. The minimum Gasteiger partial charge on any atom is -0.400 e. The topological polar surface area (TPSA) is 35.5 Å². The number of carbonyl (C=O) groups is 1. The number of thioether (sulfide) groups is 1. The molecule has 25 heavy (non-hydrogen) atoms. The number of halogens is 3. The molecule has 8 heteroatoms. The van der Waals surface area contributed by atoms with Crippen LogP contribution < -0.4 is 0 Å². The fourth-order valence-corrected chi connectivity index (χ4v) is 2.82. The minimum absolute atomic E-state index is 0.141. The van der Waals surface area contributed by atoms with Crippen LogP contribution in [0.2, 0.25) is 0 Å². The second-order valence-electron chi connectivity index (χ2n) is 6.87. The fraction of sp³-hybridized carbons (Fsp3) is 0.471. The molecule has 1 saturated heterocycles. The van der Waals surface area contributed by atoms with Crippen LogP contribution in [-0.2, 0) is 14.1 Å². The Morgan fingerprint density at radius 1 is 1.12 bits per heavy atom. The molecule has 1 aliphatic heterocycles. The van der Waals surface area contributed by atoms with E-state index in [2.05, 4.69) is 0 Å². The predicted molar refractivity (Wildman–Crippen MR) is 93.5 cm³/mol. The third kappa shape index (κ3) is 4.48. The lowest BCUT2D eigenvalue weighted by atomic mass is 9.78. The van der Waals surface area contributed by atoms with Crippen LogP contribution in [0, 0.1) is 17.5 Å². The fourth-order valence-electron chi connectivity index (χ4n) is 2.23. The summed E-state index contributed by atoms with van der Waals surface area (Å²) in [5, 5.41) is -0.150. The summed E-state index contributed by atoms with van der Waals surface area (Å²) in [6, 6.07) is 1.21. The molecule has 0 atom stereocenters. The SMILES string of the molecule is CC(=O)SCC(=Cc1c(F)cc(F)cc1F)B1OC(C)(C)C(C)(C)O1. The molecule has 0 unspecified atom stereocenters. The lowest BCUT2D eigenvalue weighted by molar-refractivity contribution is -0.109. The highest BCUT2D eigenvalue weighted by molar-refractivity contribution is 8.13. The first-order valence-electron chi connectivity index (χ1n) is 7.77. The molecule has 0 saturated carbocycles. The van der Waals surface area contributed by atoms with E-state index in [1.54, 1.807) is 0 Å². The highest BCUT2D eigenvalue weighted by atomic mass is 32.2. The number of carbonyl (C=O) groups excluding carboxylic acids is 1. The van der Waals surface area contributed by atoms with Crippen molar-refractivity contribution in [1.29, 1.82) is 0 Å². The van der Waals surface area contributed by atoms with Crippen LogP contribution in [0.15, 0.2) is 17.6 Å². The van der Waals surface area contributed by atoms with Crippen LogP contribution in [0.3, 0.4) is 0 Å². The van der Waals surface area contributed by atoms with Crippen LogP contribution in [0.1, 0.15) is 40.2 Å². The third-order valence-corrected chi connectivity index (χ3v) is 5.26. The summed E-state index contributed by atoms with van der Waals surface area (Å²) in [6.45, 7) is 8.79. The number of hydrogen-bond donors (Lipinski definition) is 0. The van der Waals surface area contributed by atoms with Gasteiger partial charge < -0.3 is 9.31 Å². The highest BCUT2D eigenvalue weighted by Crippen LogP contribution is 2.39. The van der Waals surface area contributed by atoms with Gasteiger partial charge in [0.25, 0.3) is 0 Å². The van der Waals surface area contributed by atoms with E-state index in [0.29, 0.717) is 17.6 Å². The van der Waals surface area contributed by atoms with Crippen molar-refractivity contribution < 1.29 is 27.3 Å². The van der Waals surface area contributed by atoms with Gasteiger partial charge in [-0.3, -0.25) is 4.79 Å². The Balaban J connectivity index is 2.42. The Morgan fingerprint density at radius 2 is 1.60 bits per heavy atom. The van der Waals surface area contributed by atoms with Gasteiger partial charge in [0.1, 0.15) is 17.5 Å². The van der Waals surface area contributed by atoms with Gasteiger partial charge in [-0.15, -0.1) is 0 Å². The average molecular weight is 372 g/mol. The van der Waals surface area contributed by atoms with Gasteiger partial charge in [-0.05, 0) is 33.2 Å². The molecule has 0 N–H and O–H groups in total. The summed E-state index contributed by atoms with van der Waals surface area (Å²) in [4.78, 5) is 11.3. The van der Waals surface area contributed by atoms with Gasteiger partial charge in [-0.25, -0.2) is 13.2 Å². The van der Waals surface area contributed by atoms with Gasteiger partial charge in [0.2, 0.25) is 0 Å². The summed E-state index contributed by atoms with van der Waals surface area (Å²) in [5.41, 5.74) is -1.28. The molecule has 1 aliphatic rings. The van der Waals surface area contributed by atoms with Gasteiger partial charge in [-0.1, -0.05) is 17.8 Å². The standard InChI is InChI=1S/C17H20BF3O3S/c1-10(22)25-9-11(18-23-16(2,3)17(4,5)24-18)6-13-14(20)7-12(19)8-15(13)21/h6-8H,9H2,1-5H3. The van der Waals surface area contributed by atoms with Crippen molar-refractivity contribution in [1.82, 2.24) is 0 Å². The van der Waals surface area contributed by atoms with E-state index in [4.69, 9.17) is 9.31 Å². The van der Waals surface area contributed by atoms with E-state index >= 15 is 0 Å². The van der Waals surface area contributed by atoms with Gasteiger partial charge in [0, 0.05) is 30.4 Å². The first kappa shape index (κ1) is 20.1. The summed E-state index contributed by atoms with van der Waals surface area (Å²) in [7, 11) is -0.860. The van der Waals surface area contributed by atoms with Crippen molar-refractivity contribution in [2.45, 2.75) is 45.8 Å². The molecule has 3 nitrogen and oxygen atoms in total. The zero-order valence-electron chi connectivity index (χ0n) is 14.8. The number of hydrogen-bond acceptors (Lipinski definition) is 4. The molecule has 0 aliphatic carbocycles. The molecule has 1 aromatic carbocycles. The molecule has 1 aromatic rings. The average Bonchev–Trinajstić information content (AvgIpc) is 2.65. The van der Waals surface area contributed by atoms with Gasteiger partial charge >= 0.3 is 7.12 Å². The maximum atomic E-state index is 14.0. The third-order valence-electron chi connectivity index (χ3n) is 4.37. The van der Waals surface area contributed by atoms with Gasteiger partial charge in [0.05, 0.1) is 11.2 Å². The summed E-state index contributed by atoms with van der Waals surface area (Å²) in [5.74, 6) is -2.91. The maximum Gasteiger partial charge on any atom is 0.491 e. The molecule has 0 amide bonds. The van der Waals surface area contributed by atoms with Crippen LogP contribution in [0.25, 0.3) is 6.08 Å². The molecule has 1 fully saturated rings. The van der Waals surface area contributed by atoms with Crippen molar-refractivity contribution in [3.05, 3.63) is 40.6 Å². The molecule has 2 rings (SSSR count). The van der Waals surface area contributed by atoms with E-state index in [0.717, 1.165) is 11.8 Å². The van der Waals surface area contributed by atoms with E-state index in [-0.39, 0.29) is 10.9 Å². The van der Waals surface area contributed by atoms with Gasteiger partial charge in [-0.2, -0.15) is 0 Å². The lowest BCUT2D eigenvalue weighted by Gasteiger charge is -2.32. The highest BCUT2D eigenvalue weighted by Gasteiger charge is 2.52. The Kier molecular flexibility index (Phi) is 5.76. The second-order valence-corrected chi connectivity index (χ2v) is 8.02. The Morgan fingerprint density at radius 3 is 2.04 bits per heavy atom. The largest absolute Gasteiger partial charge is 0.491 e. The van der Waals surface area contributed by atoms with Crippen molar-refractivity contribution in [3.63, 3.8) is 0 Å². The van der Waals surface area contributed by atoms with E-state index in [1.165, 1.54) is 13.0 Å². The van der Waals surface area contributed by atoms with Crippen molar-refractivity contribution in [2.75, 3.05) is 5.75 Å². The number of benzene rings is 1. The molecular formula is C17H20BF3O3S. The smallest absolute Gasteiger partial charge is 0.400 e. The summed E-state index contributed by atoms with van der Waals surface area (Å²) >= 11 is 0.974. The predicted octanol–water partition coefficient (Wildman–Crippen LogP) is 4.40. The minimum atomic E-state index is -1.03. The summed E-state index contributed by atoms with van der Waals surface area (Å²) < 4.78 is 52.9. The Labute approximate surface area is 150 Å². The Hall–Kier alpha value is -1.25. The Bertz CT molecular complexity index is 680. The zero-order valence-corrected chi connectivity index (χ0v) is 15.6. The molecular weight excluding hydrogens is 352 g/mol. The van der Waals surface area contributed by atoms with Crippen molar-refractivity contribution in [2.24, 2.45) is 0 Å². The maximum absolute atomic E-state index is 14.0. The first-order chi connectivity index (χ1) is 11.4. The molecule has 1 heterocycles. The normalized spacial score (nSPS) is 19.4. The molecule has 0 radical (unpaired) electrons. The van der Waals surface area contributed by atoms with E-state index < -0.39 is 41.3 Å². The van der Waals surface area contributed by atoms with Crippen molar-refractivity contribution in [3.8, 4) is 0 Å². The molecule has 0 bridgehead atoms. The van der Waals surface area contributed by atoms with Crippen LogP contribution in [0.5, 0.6) is 0 Å². The van der Waals surface area contributed by atoms with E-state index in [9.17, 15) is 18.0 Å². The second kappa shape index (κ2) is 7.17. The zero-order chi connectivity index (χ0) is 19.0. The van der Waals surface area contributed by atoms with Crippen LogP contribution in [-0.4, -0.2) is 29.2 Å². The number of rotatable bonds is 4. The van der Waals surface area contributed by atoms with E-state index in [1.807, 2.05) is 27.7 Å². The first-order valence-corrected chi connectivity index (χ1v) is 8.75. The monoisotopic (exact) mass is 372 g/mol. The molecule has 136 valence electrons. The summed E-state index contributed by atoms with van der Waals surface area (Å²) in [6.07, 6.45) is 1.22. The molecule has 0 spiro atoms.